The molecule has 0 bridgehead atoms. The van der Waals surface area contributed by atoms with E-state index in [0.29, 0.717) is 0 Å². The fourth-order valence-corrected chi connectivity index (χ4v) is 2.83. The fourth-order valence-electron chi connectivity index (χ4n) is 2.43. The number of anilines is 1. The van der Waals surface area contributed by atoms with E-state index in [2.05, 4.69) is 70.2 Å². The highest BCUT2D eigenvalue weighted by molar-refractivity contribution is 9.10. The maximum Gasteiger partial charge on any atom is 0.157 e. The molecule has 120 valence electrons. The molecule has 1 aromatic carbocycles. The summed E-state index contributed by atoms with van der Waals surface area (Å²) in [6.45, 7) is 1.90. The van der Waals surface area contributed by atoms with Crippen molar-refractivity contribution in [3.63, 3.8) is 0 Å². The van der Waals surface area contributed by atoms with Crippen LogP contribution in [0.2, 0.25) is 0 Å². The average molecular weight is 374 g/mol. The molecule has 0 aliphatic rings. The molecule has 0 N–H and O–H groups in total. The molecule has 5 nitrogen and oxygen atoms in total. The van der Waals surface area contributed by atoms with Gasteiger partial charge in [-0.2, -0.15) is 9.61 Å². The quantitative estimate of drug-likeness (QED) is 0.688. The second-order valence-corrected chi connectivity index (χ2v) is 6.75. The molecule has 0 radical (unpaired) electrons. The lowest BCUT2D eigenvalue weighted by atomic mass is 10.1. The number of halogens is 1. The number of likely N-dealkylation sites (N-methyl/N-ethyl adjacent to an activating group) is 2. The van der Waals surface area contributed by atoms with Gasteiger partial charge in [0.15, 0.2) is 5.65 Å². The Labute approximate surface area is 144 Å². The van der Waals surface area contributed by atoms with Crippen molar-refractivity contribution in [1.29, 1.82) is 0 Å². The zero-order valence-corrected chi connectivity index (χ0v) is 15.2. The van der Waals surface area contributed by atoms with Crippen LogP contribution in [-0.2, 0) is 0 Å². The second-order valence-electron chi connectivity index (χ2n) is 5.84. The number of aromatic nitrogens is 3. The molecule has 0 fully saturated rings. The maximum absolute atomic E-state index is 4.73. The summed E-state index contributed by atoms with van der Waals surface area (Å²) >= 11 is 3.53. The van der Waals surface area contributed by atoms with Crippen LogP contribution in [0.5, 0.6) is 0 Å². The van der Waals surface area contributed by atoms with Crippen molar-refractivity contribution in [2.75, 3.05) is 39.1 Å². The SMILES string of the molecule is CN(C)CCN(C)c1cc(-c2cccc(Br)c2)nc2ccnn12. The van der Waals surface area contributed by atoms with E-state index in [4.69, 9.17) is 4.98 Å². The van der Waals surface area contributed by atoms with Crippen LogP contribution in [0.4, 0.5) is 5.82 Å². The number of nitrogens with zero attached hydrogens (tertiary/aromatic N) is 5. The molecule has 2 aromatic heterocycles. The Balaban J connectivity index is 2.04. The van der Waals surface area contributed by atoms with Crippen molar-refractivity contribution in [2.24, 2.45) is 0 Å². The Kier molecular flexibility index (Phi) is 4.63. The van der Waals surface area contributed by atoms with E-state index in [0.717, 1.165) is 40.3 Å². The molecule has 3 rings (SSSR count). The third kappa shape index (κ3) is 3.54. The Morgan fingerprint density at radius 2 is 1.91 bits per heavy atom. The highest BCUT2D eigenvalue weighted by Gasteiger charge is 2.12. The molecular weight excluding hydrogens is 354 g/mol. The Morgan fingerprint density at radius 3 is 2.65 bits per heavy atom. The van der Waals surface area contributed by atoms with Crippen LogP contribution in [0.1, 0.15) is 0 Å². The van der Waals surface area contributed by atoms with Gasteiger partial charge in [0.05, 0.1) is 11.9 Å². The van der Waals surface area contributed by atoms with Gasteiger partial charge in [-0.15, -0.1) is 0 Å². The van der Waals surface area contributed by atoms with Gasteiger partial charge < -0.3 is 9.80 Å². The smallest absolute Gasteiger partial charge is 0.157 e. The Hall–Kier alpha value is -1.92. The largest absolute Gasteiger partial charge is 0.358 e. The van der Waals surface area contributed by atoms with Gasteiger partial charge in [0.25, 0.3) is 0 Å². The summed E-state index contributed by atoms with van der Waals surface area (Å²) in [5.74, 6) is 1.04. The minimum Gasteiger partial charge on any atom is -0.358 e. The summed E-state index contributed by atoms with van der Waals surface area (Å²) < 4.78 is 2.93. The van der Waals surface area contributed by atoms with Crippen molar-refractivity contribution in [2.45, 2.75) is 0 Å². The third-order valence-electron chi connectivity index (χ3n) is 3.73. The normalized spacial score (nSPS) is 11.3. The van der Waals surface area contributed by atoms with Gasteiger partial charge in [-0.3, -0.25) is 0 Å². The summed E-state index contributed by atoms with van der Waals surface area (Å²) in [6, 6.07) is 12.2. The van der Waals surface area contributed by atoms with Crippen molar-refractivity contribution < 1.29 is 0 Å². The van der Waals surface area contributed by atoms with Crippen molar-refractivity contribution in [1.82, 2.24) is 19.5 Å². The molecule has 0 aliphatic carbocycles. The zero-order chi connectivity index (χ0) is 16.4. The number of rotatable bonds is 5. The lowest BCUT2D eigenvalue weighted by Gasteiger charge is -2.22. The molecule has 0 aliphatic heterocycles. The average Bonchev–Trinajstić information content (AvgIpc) is 3.00. The van der Waals surface area contributed by atoms with Crippen LogP contribution < -0.4 is 4.90 Å². The zero-order valence-electron chi connectivity index (χ0n) is 13.6. The topological polar surface area (TPSA) is 36.7 Å². The van der Waals surface area contributed by atoms with Crippen molar-refractivity contribution >= 4 is 27.4 Å². The van der Waals surface area contributed by atoms with Gasteiger partial charge in [0.1, 0.15) is 5.82 Å². The molecule has 3 aromatic rings. The third-order valence-corrected chi connectivity index (χ3v) is 4.23. The predicted octanol–water partition coefficient (Wildman–Crippen LogP) is 3.16. The lowest BCUT2D eigenvalue weighted by molar-refractivity contribution is 0.416. The minimum absolute atomic E-state index is 0.856. The number of benzene rings is 1. The number of fused-ring (bicyclic) bond motifs is 1. The summed E-state index contributed by atoms with van der Waals surface area (Å²) in [5.41, 5.74) is 2.89. The first-order valence-electron chi connectivity index (χ1n) is 7.51. The monoisotopic (exact) mass is 373 g/mol. The van der Waals surface area contributed by atoms with Crippen molar-refractivity contribution in [3.8, 4) is 11.3 Å². The summed E-state index contributed by atoms with van der Waals surface area (Å²) in [5, 5.41) is 4.41. The van der Waals surface area contributed by atoms with Crippen LogP contribution in [0.25, 0.3) is 16.9 Å². The summed E-state index contributed by atoms with van der Waals surface area (Å²) in [4.78, 5) is 9.11. The van der Waals surface area contributed by atoms with Gasteiger partial charge in [0, 0.05) is 42.3 Å². The highest BCUT2D eigenvalue weighted by atomic mass is 79.9. The molecule has 0 saturated heterocycles. The van der Waals surface area contributed by atoms with Crippen LogP contribution in [0, 0.1) is 0 Å². The number of hydrogen-bond donors (Lipinski definition) is 0. The Morgan fingerprint density at radius 1 is 1.09 bits per heavy atom. The van der Waals surface area contributed by atoms with E-state index in [1.54, 1.807) is 6.20 Å². The molecule has 6 heteroatoms. The summed E-state index contributed by atoms with van der Waals surface area (Å²) in [7, 11) is 6.25. The van der Waals surface area contributed by atoms with Crippen LogP contribution in [-0.4, -0.2) is 53.7 Å². The molecule has 2 heterocycles. The molecule has 0 saturated carbocycles. The maximum atomic E-state index is 4.73. The van der Waals surface area contributed by atoms with Crippen LogP contribution >= 0.6 is 15.9 Å². The number of hydrogen-bond acceptors (Lipinski definition) is 4. The molecule has 23 heavy (non-hydrogen) atoms. The van der Waals surface area contributed by atoms with Gasteiger partial charge in [0.2, 0.25) is 0 Å². The van der Waals surface area contributed by atoms with E-state index in [-0.39, 0.29) is 0 Å². The first-order valence-corrected chi connectivity index (χ1v) is 8.30. The van der Waals surface area contributed by atoms with Gasteiger partial charge in [-0.25, -0.2) is 4.98 Å². The standard InChI is InChI=1S/C17H20BrN5/c1-21(2)9-10-22(3)17-12-15(13-5-4-6-14(18)11-13)20-16-7-8-19-23(16)17/h4-8,11-12H,9-10H2,1-3H3. The molecule has 0 amide bonds. The van der Waals surface area contributed by atoms with Crippen LogP contribution in [0.15, 0.2) is 47.1 Å². The summed E-state index contributed by atoms with van der Waals surface area (Å²) in [6.07, 6.45) is 1.79. The first-order chi connectivity index (χ1) is 11.0. The first kappa shape index (κ1) is 16.0. The van der Waals surface area contributed by atoms with Crippen molar-refractivity contribution in [3.05, 3.63) is 47.1 Å². The van der Waals surface area contributed by atoms with Gasteiger partial charge in [-0.1, -0.05) is 28.1 Å². The lowest BCUT2D eigenvalue weighted by Crippen LogP contribution is -2.29. The minimum atomic E-state index is 0.856. The van der Waals surface area contributed by atoms with E-state index in [1.807, 2.05) is 22.7 Å². The van der Waals surface area contributed by atoms with Crippen LogP contribution in [0.3, 0.4) is 0 Å². The molecular formula is C17H20BrN5. The van der Waals surface area contributed by atoms with E-state index < -0.39 is 0 Å². The van der Waals surface area contributed by atoms with E-state index in [1.165, 1.54) is 0 Å². The van der Waals surface area contributed by atoms with E-state index >= 15 is 0 Å². The highest BCUT2D eigenvalue weighted by Crippen LogP contribution is 2.26. The second kappa shape index (κ2) is 6.68. The molecule has 0 atom stereocenters. The Bertz CT molecular complexity index is 812. The molecule has 0 spiro atoms. The van der Waals surface area contributed by atoms with E-state index in [9.17, 15) is 0 Å². The van der Waals surface area contributed by atoms with Gasteiger partial charge in [-0.05, 0) is 26.2 Å². The predicted molar refractivity (Wildman–Crippen MR) is 97.9 cm³/mol. The van der Waals surface area contributed by atoms with Gasteiger partial charge >= 0.3 is 0 Å². The molecule has 0 unspecified atom stereocenters. The fraction of sp³-hybridized carbons (Fsp3) is 0.294.